The van der Waals surface area contributed by atoms with E-state index in [2.05, 4.69) is 75.6 Å². The van der Waals surface area contributed by atoms with Gasteiger partial charge in [-0.2, -0.15) is 0 Å². The third kappa shape index (κ3) is 3.15. The highest BCUT2D eigenvalue weighted by molar-refractivity contribution is 7.80. The quantitative estimate of drug-likeness (QED) is 0.686. The molecule has 2 N–H and O–H groups in total. The monoisotopic (exact) mass is 348 g/mol. The van der Waals surface area contributed by atoms with Gasteiger partial charge < -0.3 is 15.2 Å². The van der Waals surface area contributed by atoms with Crippen LogP contribution in [0.4, 0.5) is 5.69 Å². The molecule has 0 amide bonds. The summed E-state index contributed by atoms with van der Waals surface area (Å²) >= 11 is 5.75. The van der Waals surface area contributed by atoms with Gasteiger partial charge in [-0.1, -0.05) is 48.0 Å². The van der Waals surface area contributed by atoms with Crippen LogP contribution in [-0.2, 0) is 6.42 Å². The van der Waals surface area contributed by atoms with Crippen LogP contribution in [0.2, 0.25) is 0 Å². The first-order valence-electron chi connectivity index (χ1n) is 8.44. The van der Waals surface area contributed by atoms with E-state index in [9.17, 15) is 0 Å². The molecule has 0 saturated heterocycles. The number of H-pyrrole nitrogens is 1. The lowest BCUT2D eigenvalue weighted by molar-refractivity contribution is 0.336. The van der Waals surface area contributed by atoms with Crippen LogP contribution < -0.4 is 5.32 Å². The van der Waals surface area contributed by atoms with E-state index in [1.165, 1.54) is 16.8 Å². The van der Waals surface area contributed by atoms with Crippen molar-refractivity contribution in [3.05, 3.63) is 83.4 Å². The Hall–Kier alpha value is -2.66. The smallest absolute Gasteiger partial charge is 0.174 e. The minimum atomic E-state index is 0.0293. The van der Waals surface area contributed by atoms with Gasteiger partial charge in [-0.25, -0.2) is 4.98 Å². The van der Waals surface area contributed by atoms with Gasteiger partial charge in [0.15, 0.2) is 5.11 Å². The fraction of sp³-hybridized carbons (Fsp3) is 0.200. The average molecular weight is 348 g/mol. The Balaban J connectivity index is 1.65. The normalized spacial score (nSPS) is 16.4. The minimum Gasteiger partial charge on any atom is -0.348 e. The molecule has 0 radical (unpaired) electrons. The lowest BCUT2D eigenvalue weighted by Crippen LogP contribution is -2.42. The van der Waals surface area contributed by atoms with Gasteiger partial charge in [0.2, 0.25) is 0 Å². The van der Waals surface area contributed by atoms with Crippen molar-refractivity contribution in [3.8, 4) is 0 Å². The van der Waals surface area contributed by atoms with Gasteiger partial charge in [0.1, 0.15) is 6.04 Å². The number of benzene rings is 2. The van der Waals surface area contributed by atoms with Crippen LogP contribution in [0.5, 0.6) is 0 Å². The van der Waals surface area contributed by atoms with Crippen molar-refractivity contribution in [1.29, 1.82) is 0 Å². The number of aromatic amines is 1. The fourth-order valence-corrected chi connectivity index (χ4v) is 3.62. The number of nitrogens with zero attached hydrogens (tertiary/aromatic N) is 2. The van der Waals surface area contributed by atoms with Crippen molar-refractivity contribution in [1.82, 2.24) is 14.9 Å². The van der Waals surface area contributed by atoms with Crippen molar-refractivity contribution in [2.24, 2.45) is 0 Å². The van der Waals surface area contributed by atoms with E-state index in [0.29, 0.717) is 0 Å². The highest BCUT2D eigenvalue weighted by Gasteiger charge is 2.32. The molecule has 1 aliphatic heterocycles. The number of thiocarbonyl (C=S) groups is 1. The van der Waals surface area contributed by atoms with Crippen molar-refractivity contribution < 1.29 is 0 Å². The van der Waals surface area contributed by atoms with E-state index in [4.69, 9.17) is 12.2 Å². The zero-order chi connectivity index (χ0) is 17.2. The van der Waals surface area contributed by atoms with Crippen LogP contribution >= 0.6 is 12.2 Å². The molecule has 1 atom stereocenters. The predicted octanol–water partition coefficient (Wildman–Crippen LogP) is 4.06. The van der Waals surface area contributed by atoms with E-state index in [1.54, 1.807) is 6.33 Å². The molecule has 0 bridgehead atoms. The Morgan fingerprint density at radius 3 is 2.68 bits per heavy atom. The molecular weight excluding hydrogens is 328 g/mol. The third-order valence-corrected chi connectivity index (χ3v) is 4.94. The van der Waals surface area contributed by atoms with Gasteiger partial charge >= 0.3 is 0 Å². The first-order valence-corrected chi connectivity index (χ1v) is 8.84. The summed E-state index contributed by atoms with van der Waals surface area (Å²) in [6, 6.07) is 18.7. The molecule has 0 spiro atoms. The highest BCUT2D eigenvalue weighted by atomic mass is 32.1. The summed E-state index contributed by atoms with van der Waals surface area (Å²) in [5, 5.41) is 4.11. The number of nitrogens with one attached hydrogen (secondary N) is 2. The van der Waals surface area contributed by atoms with Crippen molar-refractivity contribution >= 4 is 23.0 Å². The number of hydrogen-bond donors (Lipinski definition) is 2. The molecule has 25 heavy (non-hydrogen) atoms. The summed E-state index contributed by atoms with van der Waals surface area (Å²) in [6.07, 6.45) is 2.69. The molecule has 126 valence electrons. The summed E-state index contributed by atoms with van der Waals surface area (Å²) in [4.78, 5) is 10.1. The number of anilines is 1. The summed E-state index contributed by atoms with van der Waals surface area (Å²) in [5.41, 5.74) is 5.70. The summed E-state index contributed by atoms with van der Waals surface area (Å²) in [5.74, 6) is 0. The van der Waals surface area contributed by atoms with Gasteiger partial charge in [0.05, 0.1) is 12.0 Å². The number of imidazole rings is 1. The van der Waals surface area contributed by atoms with Crippen LogP contribution in [0, 0.1) is 6.92 Å². The van der Waals surface area contributed by atoms with E-state index < -0.39 is 0 Å². The zero-order valence-electron chi connectivity index (χ0n) is 14.1. The van der Waals surface area contributed by atoms with Crippen LogP contribution in [-0.4, -0.2) is 26.5 Å². The van der Waals surface area contributed by atoms with E-state index >= 15 is 0 Å². The molecule has 2 aromatic carbocycles. The van der Waals surface area contributed by atoms with E-state index in [1.807, 2.05) is 6.07 Å². The molecule has 0 aliphatic carbocycles. The summed E-state index contributed by atoms with van der Waals surface area (Å²) in [7, 11) is 0. The van der Waals surface area contributed by atoms with E-state index in [0.717, 1.165) is 29.5 Å². The molecule has 2 heterocycles. The standard InChI is InChI=1S/C20H20N4S/c1-14-7-9-16(10-8-14)23-20(25)24-12-11-17-18(22-13-21-17)19(24)15-5-3-2-4-6-15/h2-10,13,19H,11-12H2,1H3,(H,21,22)(H,23,25). The molecular formula is C20H20N4S. The minimum absolute atomic E-state index is 0.0293. The molecule has 0 saturated carbocycles. The highest BCUT2D eigenvalue weighted by Crippen LogP contribution is 2.33. The lowest BCUT2D eigenvalue weighted by Gasteiger charge is -2.37. The Morgan fingerprint density at radius 1 is 1.16 bits per heavy atom. The van der Waals surface area contributed by atoms with Crippen LogP contribution in [0.1, 0.15) is 28.6 Å². The fourth-order valence-electron chi connectivity index (χ4n) is 3.30. The van der Waals surface area contributed by atoms with Gasteiger partial charge in [0, 0.05) is 24.3 Å². The molecule has 4 nitrogen and oxygen atoms in total. The van der Waals surface area contributed by atoms with Crippen molar-refractivity contribution in [2.45, 2.75) is 19.4 Å². The molecule has 3 aromatic rings. The van der Waals surface area contributed by atoms with Gasteiger partial charge in [0.25, 0.3) is 0 Å². The third-order valence-electron chi connectivity index (χ3n) is 4.60. The van der Waals surface area contributed by atoms with Crippen LogP contribution in [0.3, 0.4) is 0 Å². The molecule has 0 fully saturated rings. The average Bonchev–Trinajstić information content (AvgIpc) is 3.12. The van der Waals surface area contributed by atoms with Crippen LogP contribution in [0.25, 0.3) is 0 Å². The topological polar surface area (TPSA) is 44.0 Å². The molecule has 1 unspecified atom stereocenters. The number of aryl methyl sites for hydroxylation is 1. The number of rotatable bonds is 2. The zero-order valence-corrected chi connectivity index (χ0v) is 14.9. The SMILES string of the molecule is Cc1ccc(NC(=S)N2CCc3[nH]cnc3C2c2ccccc2)cc1. The largest absolute Gasteiger partial charge is 0.348 e. The first-order chi connectivity index (χ1) is 12.2. The summed E-state index contributed by atoms with van der Waals surface area (Å²) in [6.45, 7) is 2.93. The van der Waals surface area contributed by atoms with E-state index in [-0.39, 0.29) is 6.04 Å². The van der Waals surface area contributed by atoms with Gasteiger partial charge in [-0.3, -0.25) is 0 Å². The Morgan fingerprint density at radius 2 is 1.92 bits per heavy atom. The molecule has 5 heteroatoms. The second kappa shape index (κ2) is 6.69. The Bertz CT molecular complexity index is 870. The second-order valence-corrected chi connectivity index (χ2v) is 6.71. The number of fused-ring (bicyclic) bond motifs is 1. The Labute approximate surface area is 152 Å². The lowest BCUT2D eigenvalue weighted by atomic mass is 9.96. The first kappa shape index (κ1) is 15.8. The molecule has 1 aromatic heterocycles. The molecule has 1 aliphatic rings. The number of aromatic nitrogens is 2. The van der Waals surface area contributed by atoms with Crippen molar-refractivity contribution in [2.75, 3.05) is 11.9 Å². The maximum absolute atomic E-state index is 5.75. The van der Waals surface area contributed by atoms with Gasteiger partial charge in [-0.15, -0.1) is 0 Å². The summed E-state index contributed by atoms with van der Waals surface area (Å²) < 4.78 is 0. The predicted molar refractivity (Wildman–Crippen MR) is 105 cm³/mol. The maximum Gasteiger partial charge on any atom is 0.174 e. The Kier molecular flexibility index (Phi) is 4.24. The van der Waals surface area contributed by atoms with Crippen LogP contribution in [0.15, 0.2) is 60.9 Å². The van der Waals surface area contributed by atoms with Gasteiger partial charge in [-0.05, 0) is 36.8 Å². The maximum atomic E-state index is 5.75. The second-order valence-electron chi connectivity index (χ2n) is 6.32. The molecule has 4 rings (SSSR count). The van der Waals surface area contributed by atoms with Crippen molar-refractivity contribution in [3.63, 3.8) is 0 Å². The number of hydrogen-bond acceptors (Lipinski definition) is 2.